The summed E-state index contributed by atoms with van der Waals surface area (Å²) in [5.74, 6) is 0.397. The molecule has 0 fully saturated rings. The lowest BCUT2D eigenvalue weighted by Crippen LogP contribution is -1.98. The first-order valence-electron chi connectivity index (χ1n) is 6.43. The van der Waals surface area contributed by atoms with Crippen LogP contribution in [0.4, 0.5) is 0 Å². The molecule has 0 aliphatic carbocycles. The summed E-state index contributed by atoms with van der Waals surface area (Å²) in [6.07, 6.45) is 0.731. The fraction of sp³-hybridized carbons (Fsp3) is 0.235. The normalized spacial score (nSPS) is 10.7. The summed E-state index contributed by atoms with van der Waals surface area (Å²) in [4.78, 5) is 11.3. The van der Waals surface area contributed by atoms with Crippen LogP contribution in [-0.4, -0.2) is 11.4 Å². The van der Waals surface area contributed by atoms with Crippen molar-refractivity contribution in [2.24, 2.45) is 0 Å². The zero-order chi connectivity index (χ0) is 14.0. The van der Waals surface area contributed by atoms with Crippen LogP contribution in [-0.2, 0) is 0 Å². The molecule has 19 heavy (non-hydrogen) atoms. The van der Waals surface area contributed by atoms with Gasteiger partial charge in [0.1, 0.15) is 5.75 Å². The third kappa shape index (κ3) is 2.39. The summed E-state index contributed by atoms with van der Waals surface area (Å²) < 4.78 is 0. The Morgan fingerprint density at radius 3 is 2.32 bits per heavy atom. The number of rotatable bonds is 3. The molecule has 0 amide bonds. The van der Waals surface area contributed by atoms with Gasteiger partial charge in [0, 0.05) is 0 Å². The van der Waals surface area contributed by atoms with Gasteiger partial charge in [0.05, 0.1) is 5.56 Å². The SMILES string of the molecule is Cc1c(C(C)C)cc(-c2ccccc2)c(C=O)c1O. The minimum atomic E-state index is 0.0973. The first-order valence-corrected chi connectivity index (χ1v) is 6.43. The van der Waals surface area contributed by atoms with Gasteiger partial charge in [-0.25, -0.2) is 0 Å². The molecule has 0 aliphatic rings. The van der Waals surface area contributed by atoms with Crippen LogP contribution in [0, 0.1) is 6.92 Å². The monoisotopic (exact) mass is 254 g/mol. The van der Waals surface area contributed by atoms with Gasteiger partial charge in [0.15, 0.2) is 6.29 Å². The van der Waals surface area contributed by atoms with Crippen molar-refractivity contribution in [3.05, 3.63) is 53.1 Å². The second-order valence-corrected chi connectivity index (χ2v) is 5.04. The second-order valence-electron chi connectivity index (χ2n) is 5.04. The van der Waals surface area contributed by atoms with Crippen LogP contribution >= 0.6 is 0 Å². The molecule has 1 N–H and O–H groups in total. The van der Waals surface area contributed by atoms with Gasteiger partial charge in [-0.1, -0.05) is 44.2 Å². The first-order chi connectivity index (χ1) is 9.06. The topological polar surface area (TPSA) is 37.3 Å². The first kappa shape index (κ1) is 13.3. The van der Waals surface area contributed by atoms with E-state index in [9.17, 15) is 9.90 Å². The number of aldehydes is 1. The van der Waals surface area contributed by atoms with Gasteiger partial charge in [0.25, 0.3) is 0 Å². The highest BCUT2D eigenvalue weighted by Gasteiger charge is 2.17. The second kappa shape index (κ2) is 5.27. The van der Waals surface area contributed by atoms with Gasteiger partial charge in [-0.05, 0) is 41.2 Å². The molecule has 0 saturated carbocycles. The number of hydrogen-bond donors (Lipinski definition) is 1. The molecule has 0 bridgehead atoms. The Hall–Kier alpha value is -2.09. The summed E-state index contributed by atoms with van der Waals surface area (Å²) in [6, 6.07) is 11.7. The van der Waals surface area contributed by atoms with Crippen LogP contribution in [0.2, 0.25) is 0 Å². The van der Waals surface area contributed by atoms with Gasteiger partial charge in [-0.2, -0.15) is 0 Å². The van der Waals surface area contributed by atoms with Gasteiger partial charge < -0.3 is 5.11 Å². The zero-order valence-electron chi connectivity index (χ0n) is 11.5. The third-order valence-electron chi connectivity index (χ3n) is 3.46. The van der Waals surface area contributed by atoms with Gasteiger partial charge in [0.2, 0.25) is 0 Å². The fourth-order valence-electron chi connectivity index (χ4n) is 2.38. The van der Waals surface area contributed by atoms with E-state index in [1.54, 1.807) is 0 Å². The zero-order valence-corrected chi connectivity index (χ0v) is 11.5. The molecule has 2 rings (SSSR count). The van der Waals surface area contributed by atoms with E-state index in [-0.39, 0.29) is 5.75 Å². The molecule has 0 aromatic heterocycles. The number of hydrogen-bond acceptors (Lipinski definition) is 2. The van der Waals surface area contributed by atoms with Crippen molar-refractivity contribution in [2.45, 2.75) is 26.7 Å². The quantitative estimate of drug-likeness (QED) is 0.829. The maximum atomic E-state index is 11.3. The largest absolute Gasteiger partial charge is 0.507 e. The molecule has 0 heterocycles. The smallest absolute Gasteiger partial charge is 0.154 e. The molecule has 2 heteroatoms. The van der Waals surface area contributed by atoms with E-state index in [4.69, 9.17) is 0 Å². The highest BCUT2D eigenvalue weighted by Crippen LogP contribution is 2.36. The molecule has 0 radical (unpaired) electrons. The Morgan fingerprint density at radius 2 is 1.79 bits per heavy atom. The van der Waals surface area contributed by atoms with E-state index in [1.165, 1.54) is 0 Å². The van der Waals surface area contributed by atoms with E-state index in [1.807, 2.05) is 43.3 Å². The van der Waals surface area contributed by atoms with E-state index in [0.717, 1.165) is 28.5 Å². The molecule has 0 atom stereocenters. The summed E-state index contributed by atoms with van der Waals surface area (Å²) in [6.45, 7) is 6.01. The number of benzene rings is 2. The molecule has 0 spiro atoms. The minimum Gasteiger partial charge on any atom is -0.507 e. The van der Waals surface area contributed by atoms with Crippen molar-refractivity contribution in [3.63, 3.8) is 0 Å². The van der Waals surface area contributed by atoms with Crippen molar-refractivity contribution in [2.75, 3.05) is 0 Å². The van der Waals surface area contributed by atoms with E-state index >= 15 is 0 Å². The molecule has 98 valence electrons. The van der Waals surface area contributed by atoms with E-state index in [2.05, 4.69) is 13.8 Å². The summed E-state index contributed by atoms with van der Waals surface area (Å²) in [5.41, 5.74) is 3.97. The number of carbonyl (C=O) groups excluding carboxylic acids is 1. The maximum Gasteiger partial charge on any atom is 0.154 e. The van der Waals surface area contributed by atoms with Gasteiger partial charge in [-0.15, -0.1) is 0 Å². The summed E-state index contributed by atoms with van der Waals surface area (Å²) in [7, 11) is 0. The standard InChI is InChI=1S/C17H18O2/c1-11(2)14-9-15(13-7-5-4-6-8-13)16(10-18)17(19)12(14)3/h4-11,19H,1-3H3. The Kier molecular flexibility index (Phi) is 3.70. The highest BCUT2D eigenvalue weighted by molar-refractivity contribution is 5.92. The Balaban J connectivity index is 2.76. The molecular formula is C17H18O2. The fourth-order valence-corrected chi connectivity index (χ4v) is 2.38. The molecule has 2 nitrogen and oxygen atoms in total. The highest BCUT2D eigenvalue weighted by atomic mass is 16.3. The van der Waals surface area contributed by atoms with Crippen molar-refractivity contribution < 1.29 is 9.90 Å². The van der Waals surface area contributed by atoms with Crippen molar-refractivity contribution in [1.29, 1.82) is 0 Å². The lowest BCUT2D eigenvalue weighted by molar-refractivity contribution is 0.112. The maximum absolute atomic E-state index is 11.3. The predicted octanol–water partition coefficient (Wildman–Crippen LogP) is 4.30. The summed E-state index contributed by atoms with van der Waals surface area (Å²) >= 11 is 0. The van der Waals surface area contributed by atoms with Crippen molar-refractivity contribution in [1.82, 2.24) is 0 Å². The molecule has 0 unspecified atom stereocenters. The average Bonchev–Trinajstić information content (AvgIpc) is 2.42. The van der Waals surface area contributed by atoms with Gasteiger partial charge in [-0.3, -0.25) is 4.79 Å². The van der Waals surface area contributed by atoms with Crippen LogP contribution in [0.5, 0.6) is 5.75 Å². The van der Waals surface area contributed by atoms with E-state index in [0.29, 0.717) is 11.5 Å². The molecular weight excluding hydrogens is 236 g/mol. The van der Waals surface area contributed by atoms with Crippen molar-refractivity contribution in [3.8, 4) is 16.9 Å². The van der Waals surface area contributed by atoms with Crippen molar-refractivity contribution >= 4 is 6.29 Å². The molecule has 2 aromatic carbocycles. The van der Waals surface area contributed by atoms with Crippen LogP contribution < -0.4 is 0 Å². The van der Waals surface area contributed by atoms with Crippen LogP contribution in [0.1, 0.15) is 41.3 Å². The van der Waals surface area contributed by atoms with Gasteiger partial charge >= 0.3 is 0 Å². The Bertz CT molecular complexity index is 598. The number of phenols is 1. The van der Waals surface area contributed by atoms with E-state index < -0.39 is 0 Å². The Labute approximate surface area is 113 Å². The third-order valence-corrected chi connectivity index (χ3v) is 3.46. The number of carbonyl (C=O) groups is 1. The molecule has 0 aliphatic heterocycles. The number of aromatic hydroxyl groups is 1. The van der Waals surface area contributed by atoms with Crippen LogP contribution in [0.25, 0.3) is 11.1 Å². The lowest BCUT2D eigenvalue weighted by atomic mass is 9.89. The predicted molar refractivity (Wildman–Crippen MR) is 77.8 cm³/mol. The molecule has 0 saturated heterocycles. The molecule has 2 aromatic rings. The van der Waals surface area contributed by atoms with Crippen LogP contribution in [0.3, 0.4) is 0 Å². The average molecular weight is 254 g/mol. The minimum absolute atomic E-state index is 0.0973. The van der Waals surface area contributed by atoms with Crippen LogP contribution in [0.15, 0.2) is 36.4 Å². The number of phenolic OH excluding ortho intramolecular Hbond substituents is 1. The lowest BCUT2D eigenvalue weighted by Gasteiger charge is -2.16. The Morgan fingerprint density at radius 1 is 1.16 bits per heavy atom. The summed E-state index contributed by atoms with van der Waals surface area (Å²) in [5, 5.41) is 10.2.